The maximum atomic E-state index is 14.3. The summed E-state index contributed by atoms with van der Waals surface area (Å²) in [5.74, 6) is -0.706. The van der Waals surface area contributed by atoms with E-state index in [0.717, 1.165) is 36.4 Å². The smallest absolute Gasteiger partial charge is 0.349 e. The molecule has 0 saturated heterocycles. The van der Waals surface area contributed by atoms with Crippen LogP contribution in [0.3, 0.4) is 0 Å². The highest BCUT2D eigenvalue weighted by Crippen LogP contribution is 2.54. The molecule has 1 aliphatic rings. The molecule has 0 spiro atoms. The first-order valence-corrected chi connectivity index (χ1v) is 13.9. The van der Waals surface area contributed by atoms with Gasteiger partial charge in [-0.15, -0.1) is 0 Å². The maximum absolute atomic E-state index is 14.3. The fourth-order valence-corrected chi connectivity index (χ4v) is 7.40. The summed E-state index contributed by atoms with van der Waals surface area (Å²) in [6, 6.07) is 13.2. The van der Waals surface area contributed by atoms with Crippen molar-refractivity contribution >= 4 is 9.84 Å². The molecule has 0 unspecified atom stereocenters. The van der Waals surface area contributed by atoms with Crippen LogP contribution in [-0.4, -0.2) is 26.8 Å². The number of nitroso groups, excluding NO2 is 1. The number of nitrogens with zero attached hydrogens (tertiary/aromatic N) is 1. The molecule has 4 rings (SSSR count). The molecule has 1 fully saturated rings. The minimum Gasteiger partial charge on any atom is -0.349 e. The molecule has 3 aromatic carbocycles. The van der Waals surface area contributed by atoms with Gasteiger partial charge in [-0.1, -0.05) is 59.8 Å². The second-order valence-corrected chi connectivity index (χ2v) is 12.1. The van der Waals surface area contributed by atoms with E-state index in [4.69, 9.17) is 0 Å². The second-order valence-electron chi connectivity index (χ2n) is 9.82. The zero-order chi connectivity index (χ0) is 30.1. The predicted octanol–water partition coefficient (Wildman–Crippen LogP) is 7.74. The first-order valence-electron chi connectivity index (χ1n) is 12.4. The summed E-state index contributed by atoms with van der Waals surface area (Å²) >= 11 is 0. The average molecular weight is 604 g/mol. The molecule has 0 aromatic heterocycles. The fraction of sp³-hybridized carbons (Fsp3) is 0.357. The topological polar surface area (TPSA) is 72.8 Å². The molecule has 5 nitrogen and oxygen atoms in total. The Hall–Kier alpha value is -3.32. The van der Waals surface area contributed by atoms with Gasteiger partial charge in [0.2, 0.25) is 0 Å². The van der Waals surface area contributed by atoms with Crippen molar-refractivity contribution in [3.63, 3.8) is 0 Å². The van der Waals surface area contributed by atoms with Crippen LogP contribution in [0.5, 0.6) is 0 Å². The highest BCUT2D eigenvalue weighted by atomic mass is 32.2. The Kier molecular flexibility index (Phi) is 8.34. The lowest BCUT2D eigenvalue weighted by Gasteiger charge is -2.40. The molecule has 0 radical (unpaired) electrons. The SMILES string of the molecule is O=NC1CCC(c2ccc(C(OCc3ccccc3)(C(F)(F)F)C(F)(F)F)cc2)(S(=O)(=O)c2ccc(F)cc2)CC1. The maximum Gasteiger partial charge on any atom is 0.430 e. The Balaban J connectivity index is 1.83. The summed E-state index contributed by atoms with van der Waals surface area (Å²) in [6.45, 7) is -1.01. The van der Waals surface area contributed by atoms with Gasteiger partial charge in [-0.05, 0) is 61.1 Å². The van der Waals surface area contributed by atoms with Gasteiger partial charge in [0.15, 0.2) is 9.84 Å². The van der Waals surface area contributed by atoms with Crippen molar-refractivity contribution in [2.45, 2.75) is 65.9 Å². The van der Waals surface area contributed by atoms with E-state index in [-0.39, 0.29) is 41.7 Å². The van der Waals surface area contributed by atoms with Gasteiger partial charge >= 0.3 is 12.4 Å². The van der Waals surface area contributed by atoms with Crippen LogP contribution in [0, 0.1) is 10.7 Å². The van der Waals surface area contributed by atoms with Crippen LogP contribution < -0.4 is 0 Å². The first-order chi connectivity index (χ1) is 19.2. The Morgan fingerprint density at radius 3 is 1.83 bits per heavy atom. The largest absolute Gasteiger partial charge is 0.430 e. The number of hydrogen-bond donors (Lipinski definition) is 0. The second kappa shape index (κ2) is 11.2. The Bertz CT molecular complexity index is 1430. The molecular formula is C28H24F7NO4S. The highest BCUT2D eigenvalue weighted by Gasteiger charge is 2.73. The molecule has 220 valence electrons. The van der Waals surface area contributed by atoms with Gasteiger partial charge in [0.25, 0.3) is 5.60 Å². The van der Waals surface area contributed by atoms with E-state index in [1.807, 2.05) is 0 Å². The van der Waals surface area contributed by atoms with Crippen molar-refractivity contribution < 1.29 is 43.9 Å². The monoisotopic (exact) mass is 603 g/mol. The minimum absolute atomic E-state index is 0.0148. The van der Waals surface area contributed by atoms with Gasteiger partial charge < -0.3 is 4.74 Å². The van der Waals surface area contributed by atoms with E-state index >= 15 is 0 Å². The predicted molar refractivity (Wildman–Crippen MR) is 135 cm³/mol. The zero-order valence-corrected chi connectivity index (χ0v) is 22.1. The van der Waals surface area contributed by atoms with Crippen LogP contribution in [-0.2, 0) is 31.5 Å². The van der Waals surface area contributed by atoms with E-state index < -0.39 is 56.6 Å². The Labute approximate surface area is 231 Å². The number of ether oxygens (including phenoxy) is 1. The van der Waals surface area contributed by atoms with Crippen molar-refractivity contribution in [2.24, 2.45) is 5.18 Å². The molecule has 13 heteroatoms. The van der Waals surface area contributed by atoms with Gasteiger partial charge in [0.1, 0.15) is 10.6 Å². The summed E-state index contributed by atoms with van der Waals surface area (Å²) in [5.41, 5.74) is -5.99. The Morgan fingerprint density at radius 2 is 1.34 bits per heavy atom. The van der Waals surface area contributed by atoms with Crippen LogP contribution in [0.25, 0.3) is 0 Å². The molecule has 0 aliphatic heterocycles. The number of sulfone groups is 1. The molecular weight excluding hydrogens is 579 g/mol. The summed E-state index contributed by atoms with van der Waals surface area (Å²) in [5, 5.41) is 2.96. The lowest BCUT2D eigenvalue weighted by Crippen LogP contribution is -2.55. The van der Waals surface area contributed by atoms with Gasteiger partial charge in [-0.25, -0.2) is 12.8 Å². The van der Waals surface area contributed by atoms with E-state index in [0.29, 0.717) is 12.1 Å². The van der Waals surface area contributed by atoms with Crippen molar-refractivity contribution in [3.05, 3.63) is 106 Å². The standard InChI is InChI=1S/C28H24F7NO4S/c29-22-10-12-24(13-11-22)41(38,39)25(16-14-23(36-37)15-17-25)20-6-8-21(9-7-20)26(27(30,31)32,28(33,34)35)40-18-19-4-2-1-3-5-19/h1-13,23H,14-18H2. The van der Waals surface area contributed by atoms with Crippen LogP contribution in [0.2, 0.25) is 0 Å². The normalized spacial score (nSPS) is 20.5. The van der Waals surface area contributed by atoms with Gasteiger partial charge in [-0.3, -0.25) is 0 Å². The number of rotatable bonds is 8. The van der Waals surface area contributed by atoms with E-state index in [9.17, 15) is 44.1 Å². The van der Waals surface area contributed by atoms with E-state index in [1.165, 1.54) is 30.3 Å². The molecule has 0 N–H and O–H groups in total. The van der Waals surface area contributed by atoms with Crippen LogP contribution >= 0.6 is 0 Å². The molecule has 1 saturated carbocycles. The van der Waals surface area contributed by atoms with E-state index in [1.54, 1.807) is 0 Å². The van der Waals surface area contributed by atoms with Crippen LogP contribution in [0.15, 0.2) is 88.9 Å². The number of hydrogen-bond acceptors (Lipinski definition) is 5. The van der Waals surface area contributed by atoms with Gasteiger partial charge in [0, 0.05) is 5.56 Å². The number of alkyl halides is 6. The van der Waals surface area contributed by atoms with Gasteiger partial charge in [-0.2, -0.15) is 31.2 Å². The highest BCUT2D eigenvalue weighted by molar-refractivity contribution is 7.92. The molecule has 3 aromatic rings. The first kappa shape index (κ1) is 30.6. The van der Waals surface area contributed by atoms with Crippen molar-refractivity contribution in [2.75, 3.05) is 0 Å². The van der Waals surface area contributed by atoms with Gasteiger partial charge in [0.05, 0.1) is 17.5 Å². The van der Waals surface area contributed by atoms with Crippen molar-refractivity contribution in [1.82, 2.24) is 0 Å². The quantitative estimate of drug-likeness (QED) is 0.150. The molecule has 1 aliphatic carbocycles. The summed E-state index contributed by atoms with van der Waals surface area (Å²) in [6.07, 6.45) is -12.2. The third-order valence-electron chi connectivity index (χ3n) is 7.46. The van der Waals surface area contributed by atoms with Crippen molar-refractivity contribution in [1.29, 1.82) is 0 Å². The average Bonchev–Trinajstić information content (AvgIpc) is 2.93. The molecule has 0 bridgehead atoms. The van der Waals surface area contributed by atoms with Crippen LogP contribution in [0.1, 0.15) is 42.4 Å². The van der Waals surface area contributed by atoms with Crippen molar-refractivity contribution in [3.8, 4) is 0 Å². The van der Waals surface area contributed by atoms with Crippen LogP contribution in [0.4, 0.5) is 30.7 Å². The third kappa shape index (κ3) is 5.49. The lowest BCUT2D eigenvalue weighted by atomic mass is 9.80. The molecule has 0 amide bonds. The lowest BCUT2D eigenvalue weighted by molar-refractivity contribution is -0.392. The summed E-state index contributed by atoms with van der Waals surface area (Å²) < 4.78 is 130. The Morgan fingerprint density at radius 1 is 0.805 bits per heavy atom. The minimum atomic E-state index is -5.94. The number of halogens is 7. The van der Waals surface area contributed by atoms with E-state index in [2.05, 4.69) is 9.91 Å². The molecule has 41 heavy (non-hydrogen) atoms. The molecule has 0 atom stereocenters. The zero-order valence-electron chi connectivity index (χ0n) is 21.3. The fourth-order valence-electron chi connectivity index (χ4n) is 5.24. The molecule has 0 heterocycles. The summed E-state index contributed by atoms with van der Waals surface area (Å²) in [4.78, 5) is 10.8. The third-order valence-corrected chi connectivity index (χ3v) is 10.0. The number of benzene rings is 3. The summed E-state index contributed by atoms with van der Waals surface area (Å²) in [7, 11) is -4.36.